The summed E-state index contributed by atoms with van der Waals surface area (Å²) in [4.78, 5) is 36.3. The number of carbonyl (C=O) groups is 3. The first-order valence-corrected chi connectivity index (χ1v) is 8.94. The van der Waals surface area contributed by atoms with Crippen LogP contribution >= 0.6 is 0 Å². The van der Waals surface area contributed by atoms with Crippen LogP contribution in [0, 0.1) is 6.92 Å². The third-order valence-corrected chi connectivity index (χ3v) is 4.21. The molecule has 0 heterocycles. The minimum Gasteiger partial charge on any atom is -0.494 e. The van der Waals surface area contributed by atoms with Crippen molar-refractivity contribution >= 4 is 17.5 Å². The lowest BCUT2D eigenvalue weighted by Gasteiger charge is -2.09. The zero-order valence-electron chi connectivity index (χ0n) is 15.9. The molecule has 0 spiro atoms. The van der Waals surface area contributed by atoms with Crippen LogP contribution in [-0.4, -0.2) is 31.3 Å². The summed E-state index contributed by atoms with van der Waals surface area (Å²) < 4.78 is 10.3. The Morgan fingerprint density at radius 3 is 2.19 bits per heavy atom. The summed E-state index contributed by atoms with van der Waals surface area (Å²) in [5.74, 6) is -0.280. The van der Waals surface area contributed by atoms with Gasteiger partial charge in [-0.15, -0.1) is 0 Å². The number of carbonyl (C=O) groups excluding carboxylic acids is 3. The first-order valence-electron chi connectivity index (χ1n) is 8.94. The number of rotatable bonds is 9. The smallest absolute Gasteiger partial charge is 0.337 e. The molecule has 5 heteroatoms. The highest BCUT2D eigenvalue weighted by Crippen LogP contribution is 2.20. The number of hydrogen-bond acceptors (Lipinski definition) is 5. The molecule has 142 valence electrons. The van der Waals surface area contributed by atoms with Crippen LogP contribution in [0.4, 0.5) is 0 Å². The maximum absolute atomic E-state index is 12.5. The third kappa shape index (κ3) is 5.51. The summed E-state index contributed by atoms with van der Waals surface area (Å²) >= 11 is 0. The van der Waals surface area contributed by atoms with Crippen molar-refractivity contribution in [3.63, 3.8) is 0 Å². The van der Waals surface area contributed by atoms with Gasteiger partial charge in [0.25, 0.3) is 0 Å². The SMILES string of the molecule is CCCCOc1ccc(C(=O)CC(=O)c2ccc(C(=O)OC)cc2)c(C)c1. The Morgan fingerprint density at radius 2 is 1.59 bits per heavy atom. The molecule has 0 amide bonds. The van der Waals surface area contributed by atoms with Crippen LogP contribution in [0.25, 0.3) is 0 Å². The summed E-state index contributed by atoms with van der Waals surface area (Å²) in [6.07, 6.45) is 1.80. The number of aryl methyl sites for hydroxylation is 1. The highest BCUT2D eigenvalue weighted by atomic mass is 16.5. The van der Waals surface area contributed by atoms with E-state index in [1.807, 2.05) is 13.0 Å². The molecule has 27 heavy (non-hydrogen) atoms. The average molecular weight is 368 g/mol. The second-order valence-electron chi connectivity index (χ2n) is 6.27. The quantitative estimate of drug-likeness (QED) is 0.284. The van der Waals surface area contributed by atoms with E-state index in [-0.39, 0.29) is 18.0 Å². The molecule has 2 aromatic rings. The van der Waals surface area contributed by atoms with Gasteiger partial charge in [0.1, 0.15) is 5.75 Å². The van der Waals surface area contributed by atoms with Gasteiger partial charge in [-0.1, -0.05) is 25.5 Å². The fourth-order valence-electron chi connectivity index (χ4n) is 2.63. The van der Waals surface area contributed by atoms with E-state index in [4.69, 9.17) is 4.74 Å². The largest absolute Gasteiger partial charge is 0.494 e. The zero-order chi connectivity index (χ0) is 19.8. The molecule has 2 rings (SSSR count). The lowest BCUT2D eigenvalue weighted by Crippen LogP contribution is -2.10. The van der Waals surface area contributed by atoms with Crippen LogP contribution in [-0.2, 0) is 4.74 Å². The molecule has 0 unspecified atom stereocenters. The zero-order valence-corrected chi connectivity index (χ0v) is 15.9. The number of methoxy groups -OCH3 is 1. The van der Waals surface area contributed by atoms with Gasteiger partial charge in [-0.05, 0) is 49.2 Å². The molecular formula is C22H24O5. The van der Waals surface area contributed by atoms with Crippen LogP contribution in [0.15, 0.2) is 42.5 Å². The average Bonchev–Trinajstić information content (AvgIpc) is 2.67. The maximum Gasteiger partial charge on any atom is 0.337 e. The van der Waals surface area contributed by atoms with E-state index in [2.05, 4.69) is 11.7 Å². The fraction of sp³-hybridized carbons (Fsp3) is 0.318. The van der Waals surface area contributed by atoms with Crippen molar-refractivity contribution in [3.05, 3.63) is 64.7 Å². The Morgan fingerprint density at radius 1 is 0.926 bits per heavy atom. The molecule has 0 saturated carbocycles. The number of esters is 1. The number of benzene rings is 2. The second-order valence-corrected chi connectivity index (χ2v) is 6.27. The summed E-state index contributed by atoms with van der Waals surface area (Å²) in [6, 6.07) is 11.4. The fourth-order valence-corrected chi connectivity index (χ4v) is 2.63. The van der Waals surface area contributed by atoms with Gasteiger partial charge in [0.15, 0.2) is 11.6 Å². The van der Waals surface area contributed by atoms with Gasteiger partial charge >= 0.3 is 5.97 Å². The molecule has 0 N–H and O–H groups in total. The van der Waals surface area contributed by atoms with Crippen molar-refractivity contribution in [2.45, 2.75) is 33.1 Å². The van der Waals surface area contributed by atoms with Crippen molar-refractivity contribution in [3.8, 4) is 5.75 Å². The van der Waals surface area contributed by atoms with Crippen LogP contribution in [0.1, 0.15) is 62.8 Å². The first-order chi connectivity index (χ1) is 13.0. The van der Waals surface area contributed by atoms with Gasteiger partial charge < -0.3 is 9.47 Å². The molecule has 5 nitrogen and oxygen atoms in total. The predicted octanol–water partition coefficient (Wildman–Crippen LogP) is 4.42. The van der Waals surface area contributed by atoms with E-state index in [1.54, 1.807) is 12.1 Å². The molecule has 0 radical (unpaired) electrons. The van der Waals surface area contributed by atoms with Crippen molar-refractivity contribution < 1.29 is 23.9 Å². The van der Waals surface area contributed by atoms with Crippen LogP contribution < -0.4 is 4.74 Å². The molecule has 0 saturated heterocycles. The van der Waals surface area contributed by atoms with E-state index in [1.165, 1.54) is 31.4 Å². The summed E-state index contributed by atoms with van der Waals surface area (Å²) in [6.45, 7) is 4.56. The lowest BCUT2D eigenvalue weighted by molar-refractivity contribution is 0.0600. The molecule has 0 aliphatic heterocycles. The van der Waals surface area contributed by atoms with Crippen molar-refractivity contribution in [2.24, 2.45) is 0 Å². The van der Waals surface area contributed by atoms with Crippen molar-refractivity contribution in [1.29, 1.82) is 0 Å². The van der Waals surface area contributed by atoms with Crippen LogP contribution in [0.3, 0.4) is 0 Å². The van der Waals surface area contributed by atoms with Crippen LogP contribution in [0.5, 0.6) is 5.75 Å². The third-order valence-electron chi connectivity index (χ3n) is 4.21. The summed E-state index contributed by atoms with van der Waals surface area (Å²) in [5.41, 5.74) is 2.03. The monoisotopic (exact) mass is 368 g/mol. The Kier molecular flexibility index (Phi) is 7.29. The molecule has 0 aromatic heterocycles. The Hall–Kier alpha value is -2.95. The second kappa shape index (κ2) is 9.67. The van der Waals surface area contributed by atoms with Crippen LogP contribution in [0.2, 0.25) is 0 Å². The number of ether oxygens (including phenoxy) is 2. The number of Topliss-reactive ketones (excluding diaryl/α,β-unsaturated/α-hetero) is 2. The summed E-state index contributed by atoms with van der Waals surface area (Å²) in [5, 5.41) is 0. The maximum atomic E-state index is 12.5. The molecule has 0 aliphatic rings. The number of hydrogen-bond donors (Lipinski definition) is 0. The molecule has 0 fully saturated rings. The summed E-state index contributed by atoms with van der Waals surface area (Å²) in [7, 11) is 1.29. The highest BCUT2D eigenvalue weighted by molar-refractivity contribution is 6.14. The Labute approximate surface area is 159 Å². The predicted molar refractivity (Wildman–Crippen MR) is 103 cm³/mol. The molecule has 0 atom stereocenters. The van der Waals surface area contributed by atoms with E-state index < -0.39 is 5.97 Å². The minimum absolute atomic E-state index is 0.228. The van der Waals surface area contributed by atoms with Gasteiger partial charge in [0, 0.05) is 11.1 Å². The number of ketones is 2. The van der Waals surface area contributed by atoms with E-state index in [0.717, 1.165) is 24.2 Å². The highest BCUT2D eigenvalue weighted by Gasteiger charge is 2.16. The van der Waals surface area contributed by atoms with E-state index in [0.29, 0.717) is 23.3 Å². The molecule has 2 aromatic carbocycles. The lowest BCUT2D eigenvalue weighted by atomic mass is 9.98. The molecule has 0 aliphatic carbocycles. The normalized spacial score (nSPS) is 10.3. The van der Waals surface area contributed by atoms with E-state index >= 15 is 0 Å². The van der Waals surface area contributed by atoms with Crippen molar-refractivity contribution in [2.75, 3.05) is 13.7 Å². The van der Waals surface area contributed by atoms with Gasteiger partial charge in [0.05, 0.1) is 25.7 Å². The minimum atomic E-state index is -0.470. The topological polar surface area (TPSA) is 69.7 Å². The Balaban J connectivity index is 2.03. The first kappa shape index (κ1) is 20.4. The molecular weight excluding hydrogens is 344 g/mol. The number of unbranched alkanes of at least 4 members (excludes halogenated alkanes) is 1. The van der Waals surface area contributed by atoms with Crippen molar-refractivity contribution in [1.82, 2.24) is 0 Å². The van der Waals surface area contributed by atoms with E-state index in [9.17, 15) is 14.4 Å². The van der Waals surface area contributed by atoms with Gasteiger partial charge in [-0.2, -0.15) is 0 Å². The van der Waals surface area contributed by atoms with Gasteiger partial charge in [-0.25, -0.2) is 4.79 Å². The van der Waals surface area contributed by atoms with Gasteiger partial charge in [0.2, 0.25) is 0 Å². The van der Waals surface area contributed by atoms with Gasteiger partial charge in [-0.3, -0.25) is 9.59 Å². The Bertz CT molecular complexity index is 821. The molecule has 0 bridgehead atoms. The standard InChI is InChI=1S/C22H24O5/c1-4-5-12-27-18-10-11-19(15(2)13-18)21(24)14-20(23)16-6-8-17(9-7-16)22(25)26-3/h6-11,13H,4-5,12,14H2,1-3H3.